The van der Waals surface area contributed by atoms with Crippen LogP contribution >= 0.6 is 35.0 Å². The Bertz CT molecular complexity index is 290. The Morgan fingerprint density at radius 2 is 2.00 bits per heavy atom. The fourth-order valence-electron chi connectivity index (χ4n) is 0.826. The molecule has 0 N–H and O–H groups in total. The molecule has 0 aliphatic heterocycles. The SMILES string of the molecule is CC/C(=C\Cl)Sc1ccc(Cl)cc1. The fourth-order valence-corrected chi connectivity index (χ4v) is 2.00. The second-order valence-corrected chi connectivity index (χ2v) is 4.34. The average Bonchev–Trinajstić information content (AvgIpc) is 2.17. The van der Waals surface area contributed by atoms with Gasteiger partial charge in [-0.3, -0.25) is 0 Å². The zero-order chi connectivity index (χ0) is 9.68. The van der Waals surface area contributed by atoms with Gasteiger partial charge in [0.25, 0.3) is 0 Å². The lowest BCUT2D eigenvalue weighted by Crippen LogP contribution is -1.74. The van der Waals surface area contributed by atoms with Crippen molar-refractivity contribution >= 4 is 35.0 Å². The summed E-state index contributed by atoms with van der Waals surface area (Å²) in [5.74, 6) is 0. The van der Waals surface area contributed by atoms with Crippen LogP contribution in [0.5, 0.6) is 0 Å². The molecule has 13 heavy (non-hydrogen) atoms. The maximum atomic E-state index is 5.77. The standard InChI is InChI=1S/C10H10Cl2S/c1-2-9(7-11)13-10-5-3-8(12)4-6-10/h3-7H,2H2,1H3/b9-7+. The van der Waals surface area contributed by atoms with E-state index >= 15 is 0 Å². The molecule has 0 saturated carbocycles. The molecule has 0 unspecified atom stereocenters. The second kappa shape index (κ2) is 5.58. The van der Waals surface area contributed by atoms with Crippen LogP contribution < -0.4 is 0 Å². The molecule has 0 nitrogen and oxygen atoms in total. The van der Waals surface area contributed by atoms with Gasteiger partial charge in [0.1, 0.15) is 0 Å². The molecule has 0 aromatic heterocycles. The Balaban J connectivity index is 2.69. The highest BCUT2D eigenvalue weighted by atomic mass is 35.5. The minimum atomic E-state index is 0.761. The Kier molecular flexibility index (Phi) is 4.71. The highest BCUT2D eigenvalue weighted by Crippen LogP contribution is 2.29. The van der Waals surface area contributed by atoms with Gasteiger partial charge < -0.3 is 0 Å². The van der Waals surface area contributed by atoms with E-state index in [1.54, 1.807) is 17.3 Å². The summed E-state index contributed by atoms with van der Waals surface area (Å²) < 4.78 is 0. The van der Waals surface area contributed by atoms with E-state index in [1.807, 2.05) is 24.3 Å². The number of hydrogen-bond donors (Lipinski definition) is 0. The number of benzene rings is 1. The van der Waals surface area contributed by atoms with E-state index in [-0.39, 0.29) is 0 Å². The van der Waals surface area contributed by atoms with Crippen LogP contribution in [0.15, 0.2) is 39.6 Å². The Morgan fingerprint density at radius 3 is 2.46 bits per heavy atom. The van der Waals surface area contributed by atoms with Gasteiger partial charge in [0.05, 0.1) is 0 Å². The lowest BCUT2D eigenvalue weighted by molar-refractivity contribution is 1.20. The first-order valence-electron chi connectivity index (χ1n) is 3.99. The van der Waals surface area contributed by atoms with Crippen LogP contribution in [0, 0.1) is 0 Å². The minimum absolute atomic E-state index is 0.761. The highest BCUT2D eigenvalue weighted by Gasteiger charge is 1.97. The smallest absolute Gasteiger partial charge is 0.0406 e. The van der Waals surface area contributed by atoms with E-state index < -0.39 is 0 Å². The van der Waals surface area contributed by atoms with E-state index in [4.69, 9.17) is 23.2 Å². The third-order valence-corrected chi connectivity index (χ3v) is 3.35. The molecule has 0 radical (unpaired) electrons. The molecule has 0 bridgehead atoms. The molecule has 0 amide bonds. The maximum Gasteiger partial charge on any atom is 0.0406 e. The van der Waals surface area contributed by atoms with Crippen LogP contribution in [0.1, 0.15) is 13.3 Å². The van der Waals surface area contributed by atoms with Crippen LogP contribution in [-0.4, -0.2) is 0 Å². The van der Waals surface area contributed by atoms with Crippen molar-refractivity contribution in [3.63, 3.8) is 0 Å². The average molecular weight is 233 g/mol. The summed E-state index contributed by atoms with van der Waals surface area (Å²) in [4.78, 5) is 2.32. The van der Waals surface area contributed by atoms with Crippen LogP contribution in [0.4, 0.5) is 0 Å². The van der Waals surface area contributed by atoms with Crippen molar-refractivity contribution in [2.75, 3.05) is 0 Å². The summed E-state index contributed by atoms with van der Waals surface area (Å²) in [7, 11) is 0. The topological polar surface area (TPSA) is 0 Å². The molecule has 0 fully saturated rings. The van der Waals surface area contributed by atoms with Gasteiger partial charge in [0.15, 0.2) is 0 Å². The van der Waals surface area contributed by atoms with Gasteiger partial charge in [0.2, 0.25) is 0 Å². The van der Waals surface area contributed by atoms with E-state index in [1.165, 1.54) is 0 Å². The van der Waals surface area contributed by atoms with Crippen molar-refractivity contribution < 1.29 is 0 Å². The Labute approximate surface area is 92.9 Å². The van der Waals surface area contributed by atoms with Crippen molar-refractivity contribution in [1.29, 1.82) is 0 Å². The van der Waals surface area contributed by atoms with Crippen LogP contribution in [0.3, 0.4) is 0 Å². The van der Waals surface area contributed by atoms with Crippen LogP contribution in [-0.2, 0) is 0 Å². The molecule has 1 aromatic rings. The van der Waals surface area contributed by atoms with Crippen molar-refractivity contribution in [3.05, 3.63) is 39.7 Å². The molecule has 0 heterocycles. The zero-order valence-corrected chi connectivity index (χ0v) is 9.59. The first-order chi connectivity index (χ1) is 6.26. The lowest BCUT2D eigenvalue weighted by Gasteiger charge is -2.02. The van der Waals surface area contributed by atoms with E-state index in [9.17, 15) is 0 Å². The quantitative estimate of drug-likeness (QED) is 0.667. The monoisotopic (exact) mass is 232 g/mol. The number of thioether (sulfide) groups is 1. The summed E-state index contributed by atoms with van der Waals surface area (Å²) in [6.45, 7) is 2.08. The van der Waals surface area contributed by atoms with Crippen molar-refractivity contribution in [2.24, 2.45) is 0 Å². The van der Waals surface area contributed by atoms with Gasteiger partial charge in [-0.25, -0.2) is 0 Å². The van der Waals surface area contributed by atoms with E-state index in [0.717, 1.165) is 21.2 Å². The summed E-state index contributed by atoms with van der Waals surface area (Å²) in [5.41, 5.74) is 1.62. The lowest BCUT2D eigenvalue weighted by atomic mass is 10.4. The Morgan fingerprint density at radius 1 is 1.38 bits per heavy atom. The highest BCUT2D eigenvalue weighted by molar-refractivity contribution is 8.03. The Hall–Kier alpha value is -0.110. The van der Waals surface area contributed by atoms with E-state index in [0.29, 0.717) is 0 Å². The molecule has 0 aliphatic carbocycles. The molecule has 1 rings (SSSR count). The number of hydrogen-bond acceptors (Lipinski definition) is 1. The van der Waals surface area contributed by atoms with Crippen molar-refractivity contribution in [3.8, 4) is 0 Å². The maximum absolute atomic E-state index is 5.77. The van der Waals surface area contributed by atoms with Gasteiger partial charge in [-0.15, -0.1) is 0 Å². The third-order valence-electron chi connectivity index (χ3n) is 1.53. The molecule has 1 aromatic carbocycles. The van der Waals surface area contributed by atoms with Gasteiger partial charge in [0, 0.05) is 20.4 Å². The van der Waals surface area contributed by atoms with E-state index in [2.05, 4.69) is 6.92 Å². The zero-order valence-electron chi connectivity index (χ0n) is 7.26. The predicted molar refractivity (Wildman–Crippen MR) is 61.5 cm³/mol. The molecule has 0 atom stereocenters. The summed E-state index contributed by atoms with van der Waals surface area (Å²) in [5, 5.41) is 0.761. The third kappa shape index (κ3) is 3.63. The van der Waals surface area contributed by atoms with Crippen LogP contribution in [0.2, 0.25) is 5.02 Å². The van der Waals surface area contributed by atoms with Gasteiger partial charge >= 0.3 is 0 Å². The number of allylic oxidation sites excluding steroid dienone is 1. The molecule has 0 spiro atoms. The van der Waals surface area contributed by atoms with Crippen molar-refractivity contribution in [1.82, 2.24) is 0 Å². The van der Waals surface area contributed by atoms with Crippen molar-refractivity contribution in [2.45, 2.75) is 18.2 Å². The second-order valence-electron chi connectivity index (χ2n) is 2.48. The molecular formula is C10H10Cl2S. The first kappa shape index (κ1) is 11.0. The first-order valence-corrected chi connectivity index (χ1v) is 5.62. The summed E-state index contributed by atoms with van der Waals surface area (Å²) >= 11 is 13.1. The van der Waals surface area contributed by atoms with Gasteiger partial charge in [-0.05, 0) is 30.7 Å². The van der Waals surface area contributed by atoms with Gasteiger partial charge in [-0.2, -0.15) is 0 Å². The largest absolute Gasteiger partial charge is 0.0937 e. The van der Waals surface area contributed by atoms with Crippen LogP contribution in [0.25, 0.3) is 0 Å². The molecule has 0 aliphatic rings. The summed E-state index contributed by atoms with van der Waals surface area (Å²) in [6.07, 6.45) is 0.955. The molecule has 0 saturated heterocycles. The predicted octanol–water partition coefficient (Wildman–Crippen LogP) is 4.92. The minimum Gasteiger partial charge on any atom is -0.0937 e. The number of rotatable bonds is 3. The normalized spacial score (nSPS) is 11.8. The summed E-state index contributed by atoms with van der Waals surface area (Å²) in [6, 6.07) is 7.74. The molecule has 70 valence electrons. The molecule has 3 heteroatoms. The van der Waals surface area contributed by atoms with Gasteiger partial charge in [-0.1, -0.05) is 41.9 Å². The molecular weight excluding hydrogens is 223 g/mol. The number of halogens is 2. The fraction of sp³-hybridized carbons (Fsp3) is 0.200.